The molecule has 3 heterocycles. The Bertz CT molecular complexity index is 871. The minimum Gasteiger partial charge on any atom is -0.398 e. The lowest BCUT2D eigenvalue weighted by molar-refractivity contribution is -0.137. The van der Waals surface area contributed by atoms with Gasteiger partial charge in [-0.2, -0.15) is 13.2 Å². The van der Waals surface area contributed by atoms with Crippen LogP contribution in [0.3, 0.4) is 0 Å². The van der Waals surface area contributed by atoms with Crippen molar-refractivity contribution >= 4 is 23.7 Å². The summed E-state index contributed by atoms with van der Waals surface area (Å²) < 4.78 is 64.6. The molecule has 0 radical (unpaired) electrons. The molecule has 0 unspecified atom stereocenters. The van der Waals surface area contributed by atoms with E-state index in [0.29, 0.717) is 5.69 Å². The van der Waals surface area contributed by atoms with E-state index in [1.807, 2.05) is 0 Å². The molecule has 1 saturated heterocycles. The molecule has 1 aliphatic rings. The fourth-order valence-corrected chi connectivity index (χ4v) is 2.62. The van der Waals surface area contributed by atoms with E-state index in [-0.39, 0.29) is 16.6 Å². The summed E-state index contributed by atoms with van der Waals surface area (Å²) in [5.74, 6) is 0. The van der Waals surface area contributed by atoms with Crippen LogP contribution in [0.4, 0.5) is 17.6 Å². The van der Waals surface area contributed by atoms with E-state index in [4.69, 9.17) is 9.31 Å². The Labute approximate surface area is 148 Å². The molecule has 1 fully saturated rings. The van der Waals surface area contributed by atoms with Crippen LogP contribution < -0.4 is 0 Å². The highest BCUT2D eigenvalue weighted by molar-refractivity contribution is 6.55. The maximum Gasteiger partial charge on any atom is 0.525 e. The van der Waals surface area contributed by atoms with Gasteiger partial charge >= 0.3 is 13.3 Å². The highest BCUT2D eigenvalue weighted by Crippen LogP contribution is 2.40. The number of alkyl halides is 3. The van der Waals surface area contributed by atoms with Crippen LogP contribution in [0.1, 0.15) is 45.9 Å². The lowest BCUT2D eigenvalue weighted by atomic mass is 9.84. The largest absolute Gasteiger partial charge is 0.525 e. The molecule has 0 bridgehead atoms. The topological polar surface area (TPSA) is 47.1 Å². The number of aromatic nitrogens is 2. The van der Waals surface area contributed by atoms with Crippen molar-refractivity contribution in [2.24, 2.45) is 0 Å². The average Bonchev–Trinajstić information content (AvgIpc) is 3.02. The molecule has 2 aromatic heterocycles. The van der Waals surface area contributed by atoms with Crippen molar-refractivity contribution in [3.8, 4) is 0 Å². The number of hydrogen-bond donors (Lipinski definition) is 1. The van der Waals surface area contributed by atoms with Crippen molar-refractivity contribution in [3.05, 3.63) is 35.3 Å². The second-order valence-electron chi connectivity index (χ2n) is 7.40. The lowest BCUT2D eigenvalue weighted by Gasteiger charge is -2.32. The normalized spacial score (nSPS) is 20.6. The van der Waals surface area contributed by atoms with Crippen molar-refractivity contribution in [2.45, 2.75) is 52.0 Å². The molecule has 26 heavy (non-hydrogen) atoms. The smallest absolute Gasteiger partial charge is 0.398 e. The van der Waals surface area contributed by atoms with Crippen LogP contribution in [0.15, 0.2) is 24.1 Å². The summed E-state index contributed by atoms with van der Waals surface area (Å²) >= 11 is 0. The Morgan fingerprint density at radius 3 is 2.23 bits per heavy atom. The minimum absolute atomic E-state index is 0.190. The quantitative estimate of drug-likeness (QED) is 0.604. The number of halogens is 4. The van der Waals surface area contributed by atoms with E-state index in [2.05, 4.69) is 9.97 Å². The first-order valence-corrected chi connectivity index (χ1v) is 8.10. The first-order valence-electron chi connectivity index (χ1n) is 8.10. The van der Waals surface area contributed by atoms with Crippen LogP contribution in [0, 0.1) is 0 Å². The number of nitrogens with one attached hydrogen (secondary N) is 1. The van der Waals surface area contributed by atoms with Gasteiger partial charge in [-0.25, -0.2) is 9.37 Å². The van der Waals surface area contributed by atoms with Gasteiger partial charge in [0.1, 0.15) is 11.4 Å². The number of fused-ring (bicyclic) bond motifs is 1. The standard InChI is InChI=1S/C17H19BF4N2O2/c1-9(13(19)18-25-15(2,3)16(4,5)26-18)12-7-10-6-11(17(20,21)22)8-23-14(10)24-12/h6-8H,1-5H3,(H,23,24). The zero-order valence-electron chi connectivity index (χ0n) is 15.1. The summed E-state index contributed by atoms with van der Waals surface area (Å²) in [4.78, 5) is 6.60. The van der Waals surface area contributed by atoms with Gasteiger partial charge in [-0.3, -0.25) is 0 Å². The molecule has 140 valence electrons. The number of hydrogen-bond acceptors (Lipinski definition) is 3. The first kappa shape index (κ1) is 18.9. The highest BCUT2D eigenvalue weighted by Gasteiger charge is 2.53. The zero-order chi connectivity index (χ0) is 19.5. The summed E-state index contributed by atoms with van der Waals surface area (Å²) in [7, 11) is -1.18. The molecule has 0 aromatic carbocycles. The van der Waals surface area contributed by atoms with E-state index in [0.717, 1.165) is 12.3 Å². The number of rotatable bonds is 2. The van der Waals surface area contributed by atoms with E-state index in [1.54, 1.807) is 27.7 Å². The number of H-pyrrole nitrogens is 1. The van der Waals surface area contributed by atoms with Gasteiger partial charge < -0.3 is 14.3 Å². The zero-order valence-corrected chi connectivity index (χ0v) is 15.1. The molecule has 9 heteroatoms. The van der Waals surface area contributed by atoms with Crippen molar-refractivity contribution in [2.75, 3.05) is 0 Å². The molecular weight excluding hydrogens is 351 g/mol. The van der Waals surface area contributed by atoms with Crippen molar-refractivity contribution in [3.63, 3.8) is 0 Å². The van der Waals surface area contributed by atoms with Gasteiger partial charge in [0.15, 0.2) is 0 Å². The molecule has 4 nitrogen and oxygen atoms in total. The molecule has 0 aliphatic carbocycles. The van der Waals surface area contributed by atoms with E-state index in [9.17, 15) is 17.6 Å². The molecule has 0 atom stereocenters. The van der Waals surface area contributed by atoms with Crippen LogP contribution in [-0.4, -0.2) is 28.3 Å². The highest BCUT2D eigenvalue weighted by atomic mass is 19.4. The average molecular weight is 370 g/mol. The molecule has 1 N–H and O–H groups in total. The molecule has 0 amide bonds. The number of nitrogens with zero attached hydrogens (tertiary/aromatic N) is 1. The summed E-state index contributed by atoms with van der Waals surface area (Å²) in [6.45, 7) is 8.74. The third-order valence-electron chi connectivity index (χ3n) is 5.02. The molecule has 0 spiro atoms. The van der Waals surface area contributed by atoms with Gasteiger partial charge in [0.2, 0.25) is 0 Å². The van der Waals surface area contributed by atoms with E-state index >= 15 is 0 Å². The third kappa shape index (κ3) is 3.14. The predicted octanol–water partition coefficient (Wildman–Crippen LogP) is 4.91. The molecule has 3 rings (SSSR count). The van der Waals surface area contributed by atoms with Gasteiger partial charge in [0.05, 0.1) is 16.8 Å². The maximum atomic E-state index is 14.9. The van der Waals surface area contributed by atoms with Crippen molar-refractivity contribution < 1.29 is 26.9 Å². The first-order chi connectivity index (χ1) is 11.8. The lowest BCUT2D eigenvalue weighted by Crippen LogP contribution is -2.41. The molecule has 1 aliphatic heterocycles. The van der Waals surface area contributed by atoms with E-state index < -0.39 is 35.8 Å². The number of aromatic amines is 1. The summed E-state index contributed by atoms with van der Waals surface area (Å²) in [5.41, 5.74) is -2.13. The van der Waals surface area contributed by atoms with Crippen LogP contribution in [-0.2, 0) is 15.5 Å². The van der Waals surface area contributed by atoms with Crippen molar-refractivity contribution in [1.29, 1.82) is 0 Å². The fourth-order valence-electron chi connectivity index (χ4n) is 2.62. The molecule has 0 saturated carbocycles. The van der Waals surface area contributed by atoms with Crippen LogP contribution >= 0.6 is 0 Å². The van der Waals surface area contributed by atoms with Gasteiger partial charge in [-0.1, -0.05) is 0 Å². The predicted molar refractivity (Wildman–Crippen MR) is 90.9 cm³/mol. The van der Waals surface area contributed by atoms with Crippen LogP contribution in [0.5, 0.6) is 0 Å². The maximum absolute atomic E-state index is 14.9. The molecule has 2 aromatic rings. The minimum atomic E-state index is -4.49. The SMILES string of the molecule is CC(=C(F)B1OC(C)(C)C(C)(C)O1)c1cc2cc(C(F)(F)F)cnc2[nH]1. The number of allylic oxidation sites excluding steroid dienone is 1. The monoisotopic (exact) mass is 370 g/mol. The number of pyridine rings is 1. The van der Waals surface area contributed by atoms with Crippen LogP contribution in [0.2, 0.25) is 0 Å². The Balaban J connectivity index is 1.96. The third-order valence-corrected chi connectivity index (χ3v) is 5.02. The second kappa shape index (κ2) is 5.82. The van der Waals surface area contributed by atoms with Crippen molar-refractivity contribution in [1.82, 2.24) is 9.97 Å². The van der Waals surface area contributed by atoms with Gasteiger partial charge in [-0.05, 0) is 46.8 Å². The summed E-state index contributed by atoms with van der Waals surface area (Å²) in [6, 6.07) is 2.40. The van der Waals surface area contributed by atoms with Crippen LogP contribution in [0.25, 0.3) is 16.6 Å². The van der Waals surface area contributed by atoms with Gasteiger partial charge in [-0.15, -0.1) is 0 Å². The Hall–Kier alpha value is -1.87. The van der Waals surface area contributed by atoms with Gasteiger partial charge in [0.25, 0.3) is 0 Å². The second-order valence-corrected chi connectivity index (χ2v) is 7.40. The Morgan fingerprint density at radius 1 is 1.12 bits per heavy atom. The Kier molecular flexibility index (Phi) is 4.23. The Morgan fingerprint density at radius 2 is 1.69 bits per heavy atom. The summed E-state index contributed by atoms with van der Waals surface area (Å²) in [6.07, 6.45) is -3.75. The summed E-state index contributed by atoms with van der Waals surface area (Å²) in [5, 5.41) is 0.246. The molecular formula is C17H19BF4N2O2. The van der Waals surface area contributed by atoms with E-state index in [1.165, 1.54) is 13.0 Å². The fraction of sp³-hybridized carbons (Fsp3) is 0.471. The van der Waals surface area contributed by atoms with Gasteiger partial charge in [0, 0.05) is 22.9 Å².